The Kier molecular flexibility index (Phi) is 2.80. The van der Waals surface area contributed by atoms with E-state index in [1.807, 2.05) is 37.3 Å². The summed E-state index contributed by atoms with van der Waals surface area (Å²) in [5, 5.41) is -0.380. The molecule has 4 heteroatoms. The second-order valence-electron chi connectivity index (χ2n) is 4.04. The van der Waals surface area contributed by atoms with Gasteiger partial charge in [0.15, 0.2) is 0 Å². The summed E-state index contributed by atoms with van der Waals surface area (Å²) in [6, 6.07) is 9.47. The smallest absolute Gasteiger partial charge is 0.212 e. The van der Waals surface area contributed by atoms with Gasteiger partial charge in [-0.05, 0) is 25.3 Å². The van der Waals surface area contributed by atoms with Crippen LogP contribution in [0.5, 0.6) is 0 Å². The van der Waals surface area contributed by atoms with Crippen molar-refractivity contribution in [1.82, 2.24) is 4.72 Å². The maximum atomic E-state index is 11.9. The molecule has 3 nitrogen and oxygen atoms in total. The first-order chi connectivity index (χ1) is 7.09. The van der Waals surface area contributed by atoms with Gasteiger partial charge in [0, 0.05) is 6.04 Å². The van der Waals surface area contributed by atoms with Crippen molar-refractivity contribution in [3.63, 3.8) is 0 Å². The van der Waals surface area contributed by atoms with Crippen LogP contribution in [0.15, 0.2) is 30.3 Å². The van der Waals surface area contributed by atoms with Crippen molar-refractivity contribution < 1.29 is 8.42 Å². The molecule has 0 unspecified atom stereocenters. The third-order valence-electron chi connectivity index (χ3n) is 2.77. The highest BCUT2D eigenvalue weighted by molar-refractivity contribution is 7.89. The van der Waals surface area contributed by atoms with E-state index in [1.54, 1.807) is 0 Å². The largest absolute Gasteiger partial charge is 0.218 e. The molecule has 0 bridgehead atoms. The van der Waals surface area contributed by atoms with E-state index in [2.05, 4.69) is 4.72 Å². The highest BCUT2D eigenvalue weighted by Gasteiger charge is 2.32. The van der Waals surface area contributed by atoms with Gasteiger partial charge in [-0.15, -0.1) is 0 Å². The van der Waals surface area contributed by atoms with E-state index in [1.165, 1.54) is 0 Å². The van der Waals surface area contributed by atoms with E-state index in [0.29, 0.717) is 6.42 Å². The zero-order valence-corrected chi connectivity index (χ0v) is 9.50. The van der Waals surface area contributed by atoms with Crippen molar-refractivity contribution in [2.24, 2.45) is 0 Å². The standard InChI is InChI=1S/C11H15NO2S/c1-9-7-8-11(15(13,14)12-9)10-5-3-2-4-6-10/h2-6,9,11-12H,7-8H2,1H3/t9-,11+/m1/s1. The van der Waals surface area contributed by atoms with E-state index < -0.39 is 10.0 Å². The summed E-state index contributed by atoms with van der Waals surface area (Å²) in [6.45, 7) is 1.90. The van der Waals surface area contributed by atoms with Gasteiger partial charge in [0.2, 0.25) is 10.0 Å². The summed E-state index contributed by atoms with van der Waals surface area (Å²) >= 11 is 0. The molecule has 82 valence electrons. The normalized spacial score (nSPS) is 29.9. The first-order valence-electron chi connectivity index (χ1n) is 5.16. The molecule has 1 saturated heterocycles. The molecule has 0 aromatic heterocycles. The first-order valence-corrected chi connectivity index (χ1v) is 6.70. The second-order valence-corrected chi connectivity index (χ2v) is 5.94. The summed E-state index contributed by atoms with van der Waals surface area (Å²) in [5.74, 6) is 0. The van der Waals surface area contributed by atoms with Crippen molar-refractivity contribution in [2.75, 3.05) is 0 Å². The first kappa shape index (κ1) is 10.6. The Morgan fingerprint density at radius 1 is 1.20 bits per heavy atom. The highest BCUT2D eigenvalue weighted by atomic mass is 32.2. The van der Waals surface area contributed by atoms with Gasteiger partial charge in [0.1, 0.15) is 5.25 Å². The van der Waals surface area contributed by atoms with Crippen LogP contribution in [0, 0.1) is 0 Å². The Hall–Kier alpha value is -0.870. The number of sulfonamides is 1. The quantitative estimate of drug-likeness (QED) is 0.792. The molecule has 15 heavy (non-hydrogen) atoms. The SMILES string of the molecule is C[C@@H]1CC[C@@H](c2ccccc2)S(=O)(=O)N1. The van der Waals surface area contributed by atoms with Crippen LogP contribution in [0.4, 0.5) is 0 Å². The molecule has 2 atom stereocenters. The molecule has 0 aliphatic carbocycles. The highest BCUT2D eigenvalue weighted by Crippen LogP contribution is 2.30. The fourth-order valence-electron chi connectivity index (χ4n) is 1.99. The molecular formula is C11H15NO2S. The van der Waals surface area contributed by atoms with Crippen molar-refractivity contribution >= 4 is 10.0 Å². The molecule has 0 spiro atoms. The van der Waals surface area contributed by atoms with Gasteiger partial charge in [0.25, 0.3) is 0 Å². The Balaban J connectivity index is 2.31. The van der Waals surface area contributed by atoms with Crippen LogP contribution < -0.4 is 4.72 Å². The number of rotatable bonds is 1. The van der Waals surface area contributed by atoms with Gasteiger partial charge in [0.05, 0.1) is 0 Å². The fourth-order valence-corrected chi connectivity index (χ4v) is 3.80. The average Bonchev–Trinajstić information content (AvgIpc) is 2.17. The lowest BCUT2D eigenvalue weighted by Gasteiger charge is -2.27. The zero-order valence-electron chi connectivity index (χ0n) is 8.68. The molecule has 0 amide bonds. The molecule has 0 radical (unpaired) electrons. The third-order valence-corrected chi connectivity index (χ3v) is 4.76. The molecule has 0 saturated carbocycles. The maximum absolute atomic E-state index is 11.9. The van der Waals surface area contributed by atoms with Crippen LogP contribution in [0.1, 0.15) is 30.6 Å². The molecule has 1 N–H and O–H groups in total. The summed E-state index contributed by atoms with van der Waals surface area (Å²) in [6.07, 6.45) is 1.61. The Morgan fingerprint density at radius 3 is 2.47 bits per heavy atom. The summed E-state index contributed by atoms with van der Waals surface area (Å²) in [4.78, 5) is 0. The summed E-state index contributed by atoms with van der Waals surface area (Å²) < 4.78 is 26.4. The lowest BCUT2D eigenvalue weighted by molar-refractivity contribution is 0.482. The third kappa shape index (κ3) is 2.21. The number of hydrogen-bond acceptors (Lipinski definition) is 2. The lowest BCUT2D eigenvalue weighted by Crippen LogP contribution is -2.40. The van der Waals surface area contributed by atoms with Crippen molar-refractivity contribution in [3.05, 3.63) is 35.9 Å². The molecule has 1 aliphatic rings. The van der Waals surface area contributed by atoms with Gasteiger partial charge in [-0.2, -0.15) is 0 Å². The van der Waals surface area contributed by atoms with Crippen LogP contribution in [0.3, 0.4) is 0 Å². The Morgan fingerprint density at radius 2 is 1.87 bits per heavy atom. The van der Waals surface area contributed by atoms with Gasteiger partial charge < -0.3 is 0 Å². The van der Waals surface area contributed by atoms with Gasteiger partial charge in [-0.1, -0.05) is 30.3 Å². The monoisotopic (exact) mass is 225 g/mol. The minimum absolute atomic E-state index is 0.0648. The van der Waals surface area contributed by atoms with E-state index >= 15 is 0 Å². The number of benzene rings is 1. The average molecular weight is 225 g/mol. The van der Waals surface area contributed by atoms with Crippen LogP contribution in [-0.4, -0.2) is 14.5 Å². The topological polar surface area (TPSA) is 46.2 Å². The molecule has 1 aromatic rings. The van der Waals surface area contributed by atoms with Gasteiger partial charge in [-0.25, -0.2) is 13.1 Å². The molecule has 1 heterocycles. The van der Waals surface area contributed by atoms with Crippen LogP contribution in [0.2, 0.25) is 0 Å². The van der Waals surface area contributed by atoms with E-state index in [0.717, 1.165) is 12.0 Å². The minimum Gasteiger partial charge on any atom is -0.212 e. The second kappa shape index (κ2) is 3.94. The van der Waals surface area contributed by atoms with Crippen molar-refractivity contribution in [3.8, 4) is 0 Å². The van der Waals surface area contributed by atoms with Crippen molar-refractivity contribution in [2.45, 2.75) is 31.1 Å². The van der Waals surface area contributed by atoms with Gasteiger partial charge >= 0.3 is 0 Å². The fraction of sp³-hybridized carbons (Fsp3) is 0.455. The summed E-state index contributed by atoms with van der Waals surface area (Å²) in [5.41, 5.74) is 0.886. The molecular weight excluding hydrogens is 210 g/mol. The Bertz CT molecular complexity index is 427. The predicted molar refractivity (Wildman–Crippen MR) is 59.9 cm³/mol. The summed E-state index contributed by atoms with van der Waals surface area (Å²) in [7, 11) is -3.18. The number of hydrogen-bond donors (Lipinski definition) is 1. The van der Waals surface area contributed by atoms with Crippen LogP contribution in [-0.2, 0) is 10.0 Å². The minimum atomic E-state index is -3.18. The molecule has 1 fully saturated rings. The predicted octanol–water partition coefficient (Wildman–Crippen LogP) is 1.83. The van der Waals surface area contributed by atoms with Crippen LogP contribution >= 0.6 is 0 Å². The van der Waals surface area contributed by atoms with Crippen LogP contribution in [0.25, 0.3) is 0 Å². The van der Waals surface area contributed by atoms with Crippen molar-refractivity contribution in [1.29, 1.82) is 0 Å². The van der Waals surface area contributed by atoms with E-state index in [-0.39, 0.29) is 11.3 Å². The van der Waals surface area contributed by atoms with Gasteiger partial charge in [-0.3, -0.25) is 0 Å². The molecule has 2 rings (SSSR count). The van der Waals surface area contributed by atoms with E-state index in [4.69, 9.17) is 0 Å². The zero-order chi connectivity index (χ0) is 10.9. The Labute approximate surface area is 90.6 Å². The molecule has 1 aromatic carbocycles. The lowest BCUT2D eigenvalue weighted by atomic mass is 10.1. The van der Waals surface area contributed by atoms with E-state index in [9.17, 15) is 8.42 Å². The maximum Gasteiger partial charge on any atom is 0.218 e. The molecule has 1 aliphatic heterocycles. The number of nitrogens with one attached hydrogen (secondary N) is 1.